The van der Waals surface area contributed by atoms with Crippen LogP contribution in [0.4, 0.5) is 0 Å². The number of aromatic nitrogens is 1. The van der Waals surface area contributed by atoms with Gasteiger partial charge in [-0.1, -0.05) is 51.8 Å². The maximum atomic E-state index is 6.01. The smallest absolute Gasteiger partial charge is 0.0976 e. The lowest BCUT2D eigenvalue weighted by Gasteiger charge is -1.99. The zero-order valence-corrected chi connectivity index (χ0v) is 13.7. The fraction of sp³-hybridized carbons (Fsp3) is 0.0625. The first-order valence-corrected chi connectivity index (χ1v) is 8.20. The van der Waals surface area contributed by atoms with Crippen LogP contribution in [0.25, 0.3) is 11.3 Å². The minimum absolute atomic E-state index is 0.770. The lowest BCUT2D eigenvalue weighted by atomic mass is 10.1. The van der Waals surface area contributed by atoms with Crippen molar-refractivity contribution >= 4 is 38.9 Å². The highest BCUT2D eigenvalue weighted by Gasteiger charge is 2.06. The molecule has 0 radical (unpaired) electrons. The van der Waals surface area contributed by atoms with Crippen molar-refractivity contribution in [1.29, 1.82) is 0 Å². The Bertz CT molecular complexity index is 739. The highest BCUT2D eigenvalue weighted by Crippen LogP contribution is 2.26. The van der Waals surface area contributed by atoms with E-state index >= 15 is 0 Å². The molecule has 0 bridgehead atoms. The lowest BCUT2D eigenvalue weighted by Crippen LogP contribution is -1.87. The van der Waals surface area contributed by atoms with Crippen molar-refractivity contribution < 1.29 is 0 Å². The molecule has 0 atom stereocenters. The first-order valence-electron chi connectivity index (χ1n) is 6.15. The fourth-order valence-corrected chi connectivity index (χ4v) is 3.44. The molecule has 0 unspecified atom stereocenters. The maximum absolute atomic E-state index is 6.01. The molecular weight excluding hydrogens is 354 g/mol. The number of benzene rings is 2. The van der Waals surface area contributed by atoms with Crippen LogP contribution in [0.1, 0.15) is 10.6 Å². The largest absolute Gasteiger partial charge is 0.241 e. The highest BCUT2D eigenvalue weighted by atomic mass is 79.9. The SMILES string of the molecule is Clc1cccc(Cc2nc(-c3cccc(Br)c3)cs2)c1. The van der Waals surface area contributed by atoms with Crippen LogP contribution in [0, 0.1) is 0 Å². The van der Waals surface area contributed by atoms with Gasteiger partial charge in [-0.15, -0.1) is 11.3 Å². The predicted octanol–water partition coefficient (Wildman–Crippen LogP) is 5.82. The van der Waals surface area contributed by atoms with Gasteiger partial charge in [0.15, 0.2) is 0 Å². The van der Waals surface area contributed by atoms with Crippen LogP contribution < -0.4 is 0 Å². The molecule has 100 valence electrons. The summed E-state index contributed by atoms with van der Waals surface area (Å²) in [7, 11) is 0. The molecule has 0 aliphatic carbocycles. The van der Waals surface area contributed by atoms with Gasteiger partial charge in [-0.05, 0) is 29.8 Å². The van der Waals surface area contributed by atoms with Crippen molar-refractivity contribution in [2.45, 2.75) is 6.42 Å². The lowest BCUT2D eigenvalue weighted by molar-refractivity contribution is 1.14. The zero-order chi connectivity index (χ0) is 13.9. The van der Waals surface area contributed by atoms with Crippen molar-refractivity contribution in [3.05, 3.63) is 74.0 Å². The Balaban J connectivity index is 1.84. The minimum Gasteiger partial charge on any atom is -0.241 e. The molecule has 0 N–H and O–H groups in total. The molecule has 0 aliphatic heterocycles. The first-order chi connectivity index (χ1) is 9.70. The van der Waals surface area contributed by atoms with Crippen LogP contribution in [0.15, 0.2) is 58.4 Å². The van der Waals surface area contributed by atoms with Gasteiger partial charge in [0.2, 0.25) is 0 Å². The molecule has 0 saturated carbocycles. The van der Waals surface area contributed by atoms with Crippen LogP contribution in [0.5, 0.6) is 0 Å². The Labute approximate surface area is 135 Å². The summed E-state index contributed by atoms with van der Waals surface area (Å²) in [6.07, 6.45) is 0.819. The molecule has 3 rings (SSSR count). The van der Waals surface area contributed by atoms with E-state index in [-0.39, 0.29) is 0 Å². The van der Waals surface area contributed by atoms with Crippen LogP contribution in [0.2, 0.25) is 5.02 Å². The average Bonchev–Trinajstić information content (AvgIpc) is 2.87. The van der Waals surface area contributed by atoms with Gasteiger partial charge in [-0.2, -0.15) is 0 Å². The Morgan fingerprint density at radius 3 is 2.75 bits per heavy atom. The number of halogens is 2. The summed E-state index contributed by atoms with van der Waals surface area (Å²) < 4.78 is 1.07. The molecule has 2 aromatic carbocycles. The molecule has 1 aromatic heterocycles. The van der Waals surface area contributed by atoms with Crippen LogP contribution in [-0.2, 0) is 6.42 Å². The average molecular weight is 365 g/mol. The second-order valence-electron chi connectivity index (χ2n) is 4.44. The Morgan fingerprint density at radius 2 is 1.95 bits per heavy atom. The molecule has 0 spiro atoms. The summed E-state index contributed by atoms with van der Waals surface area (Å²) in [5.41, 5.74) is 3.34. The Hall–Kier alpha value is -1.16. The van der Waals surface area contributed by atoms with Gasteiger partial charge < -0.3 is 0 Å². The fourth-order valence-electron chi connectivity index (χ4n) is 1.99. The Kier molecular flexibility index (Phi) is 4.20. The van der Waals surface area contributed by atoms with Gasteiger partial charge in [-0.25, -0.2) is 4.98 Å². The molecule has 3 aromatic rings. The summed E-state index contributed by atoms with van der Waals surface area (Å²) in [6.45, 7) is 0. The molecule has 0 saturated heterocycles. The van der Waals surface area contributed by atoms with Crippen LogP contribution in [0.3, 0.4) is 0 Å². The zero-order valence-electron chi connectivity index (χ0n) is 10.5. The molecule has 4 heteroatoms. The van der Waals surface area contributed by atoms with Gasteiger partial charge in [0.05, 0.1) is 10.7 Å². The topological polar surface area (TPSA) is 12.9 Å². The standard InChI is InChI=1S/C16H11BrClNS/c17-13-5-2-4-12(9-13)15-10-20-16(19-15)8-11-3-1-6-14(18)7-11/h1-7,9-10H,8H2. The maximum Gasteiger partial charge on any atom is 0.0976 e. The van der Waals surface area contributed by atoms with Crippen LogP contribution >= 0.6 is 38.9 Å². The number of hydrogen-bond donors (Lipinski definition) is 0. The first kappa shape index (κ1) is 13.8. The third kappa shape index (κ3) is 3.29. The minimum atomic E-state index is 0.770. The van der Waals surface area contributed by atoms with E-state index in [0.29, 0.717) is 0 Å². The summed E-state index contributed by atoms with van der Waals surface area (Å²) in [5.74, 6) is 0. The van der Waals surface area contributed by atoms with E-state index in [1.807, 2.05) is 30.3 Å². The van der Waals surface area contributed by atoms with Crippen molar-refractivity contribution in [3.63, 3.8) is 0 Å². The van der Waals surface area contributed by atoms with E-state index in [1.165, 1.54) is 5.56 Å². The molecule has 0 fully saturated rings. The predicted molar refractivity (Wildman–Crippen MR) is 89.5 cm³/mol. The highest BCUT2D eigenvalue weighted by molar-refractivity contribution is 9.10. The molecule has 1 heterocycles. The summed E-state index contributed by atoms with van der Waals surface area (Å²) in [5, 5.41) is 3.97. The second-order valence-corrected chi connectivity index (χ2v) is 6.74. The molecule has 20 heavy (non-hydrogen) atoms. The number of hydrogen-bond acceptors (Lipinski definition) is 2. The quantitative estimate of drug-likeness (QED) is 0.571. The molecule has 0 aliphatic rings. The van der Waals surface area contributed by atoms with Crippen molar-refractivity contribution in [3.8, 4) is 11.3 Å². The third-order valence-corrected chi connectivity index (χ3v) is 4.49. The van der Waals surface area contributed by atoms with E-state index < -0.39 is 0 Å². The molecule has 1 nitrogen and oxygen atoms in total. The summed E-state index contributed by atoms with van der Waals surface area (Å²) in [6, 6.07) is 16.1. The number of rotatable bonds is 3. The molecule has 0 amide bonds. The van der Waals surface area contributed by atoms with E-state index in [0.717, 1.165) is 32.2 Å². The van der Waals surface area contributed by atoms with E-state index in [4.69, 9.17) is 16.6 Å². The summed E-state index contributed by atoms with van der Waals surface area (Å²) in [4.78, 5) is 4.70. The molecular formula is C16H11BrClNS. The Morgan fingerprint density at radius 1 is 1.10 bits per heavy atom. The van der Waals surface area contributed by atoms with Gasteiger partial charge in [-0.3, -0.25) is 0 Å². The van der Waals surface area contributed by atoms with Crippen molar-refractivity contribution in [2.24, 2.45) is 0 Å². The van der Waals surface area contributed by atoms with Gasteiger partial charge in [0.25, 0.3) is 0 Å². The van der Waals surface area contributed by atoms with Crippen molar-refractivity contribution in [1.82, 2.24) is 4.98 Å². The van der Waals surface area contributed by atoms with Gasteiger partial charge in [0, 0.05) is 26.9 Å². The van der Waals surface area contributed by atoms with E-state index in [2.05, 4.69) is 39.5 Å². The van der Waals surface area contributed by atoms with Crippen LogP contribution in [-0.4, -0.2) is 4.98 Å². The van der Waals surface area contributed by atoms with Crippen molar-refractivity contribution in [2.75, 3.05) is 0 Å². The normalized spacial score (nSPS) is 10.7. The van der Waals surface area contributed by atoms with E-state index in [1.54, 1.807) is 11.3 Å². The monoisotopic (exact) mass is 363 g/mol. The number of thiazole rings is 1. The third-order valence-electron chi connectivity index (χ3n) is 2.92. The second kappa shape index (κ2) is 6.08. The van der Waals surface area contributed by atoms with E-state index in [9.17, 15) is 0 Å². The number of nitrogens with zero attached hydrogens (tertiary/aromatic N) is 1. The van der Waals surface area contributed by atoms with Gasteiger partial charge >= 0.3 is 0 Å². The summed E-state index contributed by atoms with van der Waals surface area (Å²) >= 11 is 11.2. The van der Waals surface area contributed by atoms with Gasteiger partial charge in [0.1, 0.15) is 0 Å².